The second kappa shape index (κ2) is 3.95. The Morgan fingerprint density at radius 2 is 1.86 bits per heavy atom. The summed E-state index contributed by atoms with van der Waals surface area (Å²) in [5.74, 6) is 0.884. The highest BCUT2D eigenvalue weighted by molar-refractivity contribution is 6.34. The summed E-state index contributed by atoms with van der Waals surface area (Å²) in [5.41, 5.74) is 0. The summed E-state index contributed by atoms with van der Waals surface area (Å²) in [4.78, 5) is 0. The molecular formula is C10H5Cl2O2. The Bertz CT molecular complexity index is 403. The van der Waals surface area contributed by atoms with E-state index >= 15 is 0 Å². The van der Waals surface area contributed by atoms with Crippen LogP contribution < -0.4 is 4.74 Å². The minimum absolute atomic E-state index is 0.350. The normalized spacial score (nSPS) is 10.1. The average molecular weight is 228 g/mol. The van der Waals surface area contributed by atoms with Crippen molar-refractivity contribution < 1.29 is 9.15 Å². The topological polar surface area (TPSA) is 22.4 Å². The third kappa shape index (κ3) is 2.22. The predicted molar refractivity (Wildman–Crippen MR) is 54.1 cm³/mol. The highest BCUT2D eigenvalue weighted by atomic mass is 35.5. The van der Waals surface area contributed by atoms with E-state index in [4.69, 9.17) is 32.4 Å². The zero-order valence-corrected chi connectivity index (χ0v) is 8.47. The second-order valence-electron chi connectivity index (χ2n) is 2.58. The Labute approximate surface area is 91.0 Å². The first-order valence-electron chi connectivity index (χ1n) is 3.84. The molecule has 0 saturated carbocycles. The molecule has 1 radical (unpaired) electrons. The second-order valence-corrected chi connectivity index (χ2v) is 3.45. The van der Waals surface area contributed by atoms with Crippen molar-refractivity contribution in [3.8, 4) is 11.7 Å². The van der Waals surface area contributed by atoms with Gasteiger partial charge in [-0.3, -0.25) is 0 Å². The molecule has 2 aromatic rings. The van der Waals surface area contributed by atoms with Gasteiger partial charge in [0, 0.05) is 16.1 Å². The van der Waals surface area contributed by atoms with Crippen molar-refractivity contribution in [1.82, 2.24) is 0 Å². The van der Waals surface area contributed by atoms with Crippen molar-refractivity contribution in [1.29, 1.82) is 0 Å². The third-order valence-corrected chi connectivity index (χ3v) is 1.94. The van der Waals surface area contributed by atoms with Crippen LogP contribution in [-0.4, -0.2) is 0 Å². The third-order valence-electron chi connectivity index (χ3n) is 1.50. The Hall–Kier alpha value is -1.12. The van der Waals surface area contributed by atoms with Gasteiger partial charge in [0.25, 0.3) is 5.95 Å². The van der Waals surface area contributed by atoms with Gasteiger partial charge in [-0.25, -0.2) is 0 Å². The molecule has 1 aromatic carbocycles. The zero-order chi connectivity index (χ0) is 9.97. The monoisotopic (exact) mass is 227 g/mol. The van der Waals surface area contributed by atoms with Crippen LogP contribution in [0.5, 0.6) is 11.7 Å². The van der Waals surface area contributed by atoms with Gasteiger partial charge >= 0.3 is 0 Å². The van der Waals surface area contributed by atoms with Gasteiger partial charge < -0.3 is 9.15 Å². The number of ether oxygens (including phenoxy) is 1. The van der Waals surface area contributed by atoms with Gasteiger partial charge in [-0.1, -0.05) is 23.2 Å². The lowest BCUT2D eigenvalue weighted by Crippen LogP contribution is -1.81. The van der Waals surface area contributed by atoms with Crippen molar-refractivity contribution >= 4 is 23.2 Å². The van der Waals surface area contributed by atoms with E-state index in [2.05, 4.69) is 6.26 Å². The molecule has 0 fully saturated rings. The summed E-state index contributed by atoms with van der Waals surface area (Å²) in [6, 6.07) is 8.19. The van der Waals surface area contributed by atoms with Gasteiger partial charge in [0.2, 0.25) is 0 Å². The molecule has 0 saturated heterocycles. The summed E-state index contributed by atoms with van der Waals surface area (Å²) < 4.78 is 10.2. The molecule has 4 heteroatoms. The zero-order valence-electron chi connectivity index (χ0n) is 6.96. The lowest BCUT2D eigenvalue weighted by Gasteiger charge is -2.02. The summed E-state index contributed by atoms with van der Waals surface area (Å²) in [5, 5.41) is 1.03. The Balaban J connectivity index is 2.25. The SMILES string of the molecule is Clc1cc(Cl)cc(Oc2cc[c]o2)c1. The molecule has 2 nitrogen and oxygen atoms in total. The van der Waals surface area contributed by atoms with Crippen LogP contribution in [0.15, 0.2) is 34.7 Å². The minimum Gasteiger partial charge on any atom is -0.426 e. The average Bonchev–Trinajstić information content (AvgIpc) is 2.54. The van der Waals surface area contributed by atoms with Gasteiger partial charge in [-0.2, -0.15) is 0 Å². The molecule has 1 heterocycles. The van der Waals surface area contributed by atoms with E-state index in [1.807, 2.05) is 0 Å². The minimum atomic E-state index is 0.350. The Morgan fingerprint density at radius 3 is 2.43 bits per heavy atom. The van der Waals surface area contributed by atoms with E-state index in [0.717, 1.165) is 0 Å². The summed E-state index contributed by atoms with van der Waals surface area (Å²) in [6.45, 7) is 0. The lowest BCUT2D eigenvalue weighted by atomic mass is 10.3. The molecule has 71 valence electrons. The fourth-order valence-electron chi connectivity index (χ4n) is 0.987. The number of hydrogen-bond acceptors (Lipinski definition) is 2. The molecule has 0 bridgehead atoms. The molecule has 0 aliphatic heterocycles. The molecule has 0 spiro atoms. The molecule has 0 aliphatic rings. The van der Waals surface area contributed by atoms with Crippen molar-refractivity contribution in [2.24, 2.45) is 0 Å². The summed E-state index contributed by atoms with van der Waals surface area (Å²) in [6.07, 6.45) is 2.51. The predicted octanol–water partition coefficient (Wildman–Crippen LogP) is 4.18. The number of rotatable bonds is 2. The van der Waals surface area contributed by atoms with E-state index in [9.17, 15) is 0 Å². The Morgan fingerprint density at radius 1 is 1.14 bits per heavy atom. The standard InChI is InChI=1S/C10H5Cl2O2/c11-7-4-8(12)6-9(5-7)14-10-2-1-3-13-10/h1-2,4-6H. The van der Waals surface area contributed by atoms with Crippen LogP contribution in [0.4, 0.5) is 0 Å². The van der Waals surface area contributed by atoms with Crippen molar-refractivity contribution in [2.75, 3.05) is 0 Å². The fraction of sp³-hybridized carbons (Fsp3) is 0. The molecule has 0 aliphatic carbocycles. The maximum Gasteiger partial charge on any atom is 0.290 e. The molecule has 0 atom stereocenters. The van der Waals surface area contributed by atoms with Crippen molar-refractivity contribution in [3.63, 3.8) is 0 Å². The molecule has 0 amide bonds. The van der Waals surface area contributed by atoms with E-state index in [1.165, 1.54) is 0 Å². The molecule has 1 aromatic heterocycles. The molecule has 14 heavy (non-hydrogen) atoms. The number of furan rings is 1. The van der Waals surface area contributed by atoms with Crippen molar-refractivity contribution in [2.45, 2.75) is 0 Å². The van der Waals surface area contributed by atoms with E-state index in [1.54, 1.807) is 30.3 Å². The molecule has 0 unspecified atom stereocenters. The first kappa shape index (κ1) is 9.44. The van der Waals surface area contributed by atoms with E-state index in [-0.39, 0.29) is 0 Å². The molecule has 2 rings (SSSR count). The molecular weight excluding hydrogens is 223 g/mol. The van der Waals surface area contributed by atoms with E-state index in [0.29, 0.717) is 21.7 Å². The highest BCUT2D eigenvalue weighted by Gasteiger charge is 2.02. The fourth-order valence-corrected chi connectivity index (χ4v) is 1.49. The largest absolute Gasteiger partial charge is 0.426 e. The van der Waals surface area contributed by atoms with Crippen molar-refractivity contribution in [3.05, 3.63) is 46.6 Å². The van der Waals surface area contributed by atoms with E-state index < -0.39 is 0 Å². The maximum atomic E-state index is 5.79. The maximum absolute atomic E-state index is 5.79. The van der Waals surface area contributed by atoms with Gasteiger partial charge in [-0.05, 0) is 24.3 Å². The van der Waals surface area contributed by atoms with Crippen LogP contribution in [0.3, 0.4) is 0 Å². The van der Waals surface area contributed by atoms with Gasteiger partial charge in [0.15, 0.2) is 6.26 Å². The van der Waals surface area contributed by atoms with Crippen LogP contribution in [0, 0.1) is 6.26 Å². The van der Waals surface area contributed by atoms with Crippen LogP contribution in [0.2, 0.25) is 10.0 Å². The Kier molecular flexibility index (Phi) is 2.66. The van der Waals surface area contributed by atoms with Gasteiger partial charge in [0.1, 0.15) is 5.75 Å². The first-order chi connectivity index (χ1) is 6.74. The molecule has 0 N–H and O–H groups in total. The van der Waals surface area contributed by atoms with Gasteiger partial charge in [-0.15, -0.1) is 0 Å². The first-order valence-corrected chi connectivity index (χ1v) is 4.59. The lowest BCUT2D eigenvalue weighted by molar-refractivity contribution is 0.344. The number of hydrogen-bond donors (Lipinski definition) is 0. The van der Waals surface area contributed by atoms with Crippen LogP contribution in [0.25, 0.3) is 0 Å². The van der Waals surface area contributed by atoms with Crippen LogP contribution in [-0.2, 0) is 0 Å². The summed E-state index contributed by atoms with van der Waals surface area (Å²) >= 11 is 11.6. The van der Waals surface area contributed by atoms with Gasteiger partial charge in [0.05, 0.1) is 0 Å². The summed E-state index contributed by atoms with van der Waals surface area (Å²) in [7, 11) is 0. The van der Waals surface area contributed by atoms with Crippen LogP contribution in [0.1, 0.15) is 0 Å². The quantitative estimate of drug-likeness (QED) is 0.769. The highest BCUT2D eigenvalue weighted by Crippen LogP contribution is 2.28. The van der Waals surface area contributed by atoms with Crippen LogP contribution >= 0.6 is 23.2 Å². The number of halogens is 2. The number of benzene rings is 1. The smallest absolute Gasteiger partial charge is 0.290 e.